The highest BCUT2D eigenvalue weighted by Crippen LogP contribution is 2.42. The van der Waals surface area contributed by atoms with Crippen molar-refractivity contribution in [2.75, 3.05) is 18.5 Å². The smallest absolute Gasteiger partial charge is 0.489 e. The van der Waals surface area contributed by atoms with Gasteiger partial charge < -0.3 is 24.2 Å². The van der Waals surface area contributed by atoms with Crippen LogP contribution in [0.1, 0.15) is 62.6 Å². The van der Waals surface area contributed by atoms with E-state index in [-0.39, 0.29) is 30.4 Å². The van der Waals surface area contributed by atoms with Gasteiger partial charge in [0, 0.05) is 24.8 Å². The summed E-state index contributed by atoms with van der Waals surface area (Å²) >= 11 is 0. The Morgan fingerprint density at radius 1 is 1.10 bits per heavy atom. The van der Waals surface area contributed by atoms with Gasteiger partial charge in [-0.05, 0) is 81.3 Å². The molecule has 2 aromatic rings. The first kappa shape index (κ1) is 30.0. The van der Waals surface area contributed by atoms with Gasteiger partial charge in [0.15, 0.2) is 0 Å². The van der Waals surface area contributed by atoms with Crippen LogP contribution in [0.2, 0.25) is 0 Å². The van der Waals surface area contributed by atoms with E-state index >= 15 is 0 Å². The summed E-state index contributed by atoms with van der Waals surface area (Å²) in [6.45, 7) is 5.07. The van der Waals surface area contributed by atoms with E-state index in [2.05, 4.69) is 4.74 Å². The van der Waals surface area contributed by atoms with Gasteiger partial charge in [0.2, 0.25) is 0 Å². The van der Waals surface area contributed by atoms with E-state index < -0.39 is 42.4 Å². The molecule has 12 heteroatoms. The third-order valence-corrected chi connectivity index (χ3v) is 6.77. The molecule has 2 aliphatic rings. The molecule has 222 valence electrons. The van der Waals surface area contributed by atoms with Crippen molar-refractivity contribution >= 4 is 23.7 Å². The number of carbonyl (C=O) groups excluding carboxylic acids is 2. The average molecular weight is 579 g/mol. The number of ether oxygens (including phenoxy) is 3. The van der Waals surface area contributed by atoms with E-state index in [0.29, 0.717) is 17.9 Å². The fraction of sp³-hybridized carbons (Fsp3) is 0.483. The first-order chi connectivity index (χ1) is 19.1. The van der Waals surface area contributed by atoms with Crippen molar-refractivity contribution in [3.8, 4) is 11.5 Å². The molecule has 2 aromatic carbocycles. The highest BCUT2D eigenvalue weighted by atomic mass is 19.4. The second kappa shape index (κ2) is 11.5. The zero-order valence-electron chi connectivity index (χ0n) is 23.3. The van der Waals surface area contributed by atoms with E-state index in [1.807, 2.05) is 0 Å². The molecule has 9 nitrogen and oxygen atoms in total. The van der Waals surface area contributed by atoms with E-state index in [0.717, 1.165) is 28.9 Å². The number of carboxylic acids is 1. The number of halogens is 3. The number of benzene rings is 2. The SMILES string of the molecule is CN(C(=O)OC(C)(C)C)[C@H](CC(=O)O)C(=O)N1CCc2cc(OCc3ccc(C4CC4)cc3OC(F)(F)F)ccc21. The first-order valence-corrected chi connectivity index (χ1v) is 13.2. The molecule has 1 N–H and O–H groups in total. The fourth-order valence-corrected chi connectivity index (χ4v) is 4.63. The Labute approximate surface area is 235 Å². The van der Waals surface area contributed by atoms with Crippen LogP contribution in [0.3, 0.4) is 0 Å². The number of alkyl halides is 3. The van der Waals surface area contributed by atoms with E-state index in [9.17, 15) is 32.7 Å². The third kappa shape index (κ3) is 7.83. The lowest BCUT2D eigenvalue weighted by atomic mass is 10.1. The van der Waals surface area contributed by atoms with Crippen molar-refractivity contribution < 1.29 is 46.9 Å². The molecule has 41 heavy (non-hydrogen) atoms. The summed E-state index contributed by atoms with van der Waals surface area (Å²) in [6.07, 6.45) is -3.96. The van der Waals surface area contributed by atoms with Gasteiger partial charge in [-0.2, -0.15) is 0 Å². The van der Waals surface area contributed by atoms with Gasteiger partial charge in [-0.25, -0.2) is 4.79 Å². The number of hydrogen-bond acceptors (Lipinski definition) is 6. The van der Waals surface area contributed by atoms with E-state index in [4.69, 9.17) is 9.47 Å². The van der Waals surface area contributed by atoms with Crippen molar-refractivity contribution in [1.29, 1.82) is 0 Å². The largest absolute Gasteiger partial charge is 0.573 e. The number of carboxylic acid groups (broad SMARTS) is 1. The molecule has 1 heterocycles. The predicted molar refractivity (Wildman–Crippen MR) is 142 cm³/mol. The van der Waals surface area contributed by atoms with Crippen LogP contribution in [0.25, 0.3) is 0 Å². The van der Waals surface area contributed by atoms with Crippen molar-refractivity contribution in [3.63, 3.8) is 0 Å². The van der Waals surface area contributed by atoms with E-state index in [1.165, 1.54) is 18.0 Å². The maximum Gasteiger partial charge on any atom is 0.573 e. The molecule has 4 rings (SSSR count). The summed E-state index contributed by atoms with van der Waals surface area (Å²) < 4.78 is 54.4. The van der Waals surface area contributed by atoms with E-state index in [1.54, 1.807) is 51.1 Å². The average Bonchev–Trinajstić information content (AvgIpc) is 3.62. The summed E-state index contributed by atoms with van der Waals surface area (Å²) in [5.74, 6) is -1.48. The van der Waals surface area contributed by atoms with Crippen molar-refractivity contribution in [3.05, 3.63) is 53.1 Å². The lowest BCUT2D eigenvalue weighted by molar-refractivity contribution is -0.275. The zero-order chi connectivity index (χ0) is 30.1. The van der Waals surface area contributed by atoms with Crippen molar-refractivity contribution in [1.82, 2.24) is 4.90 Å². The molecule has 1 saturated carbocycles. The van der Waals surface area contributed by atoms with Gasteiger partial charge in [-0.1, -0.05) is 12.1 Å². The molecular formula is C29H33F3N2O7. The summed E-state index contributed by atoms with van der Waals surface area (Å²) in [5.41, 5.74) is 1.47. The van der Waals surface area contributed by atoms with Gasteiger partial charge >= 0.3 is 18.4 Å². The molecule has 0 aromatic heterocycles. The maximum absolute atomic E-state index is 13.5. The van der Waals surface area contributed by atoms with Crippen LogP contribution in [0, 0.1) is 0 Å². The summed E-state index contributed by atoms with van der Waals surface area (Å²) in [4.78, 5) is 40.0. The van der Waals surface area contributed by atoms with Crippen LogP contribution in [-0.4, -0.2) is 59.6 Å². The van der Waals surface area contributed by atoms with Gasteiger partial charge in [-0.15, -0.1) is 13.2 Å². The standard InChI is InChI=1S/C29H33F3N2O7/c1-28(2,3)41-27(38)33(4)23(15-25(35)36)26(37)34-12-11-19-13-21(9-10-22(19)34)39-16-20-8-7-18(17-5-6-17)14-24(20)40-29(30,31)32/h7-10,13-14,17,23H,5-6,11-12,15-16H2,1-4H3,(H,35,36)/t23-/m1/s1. The molecule has 0 saturated heterocycles. The quantitative estimate of drug-likeness (QED) is 0.411. The number of amides is 2. The Morgan fingerprint density at radius 3 is 2.41 bits per heavy atom. The lowest BCUT2D eigenvalue weighted by Crippen LogP contribution is -2.51. The number of rotatable bonds is 9. The van der Waals surface area contributed by atoms with Crippen molar-refractivity contribution in [2.24, 2.45) is 0 Å². The first-order valence-electron chi connectivity index (χ1n) is 13.2. The van der Waals surface area contributed by atoms with Gasteiger partial charge in [0.1, 0.15) is 29.7 Å². The van der Waals surface area contributed by atoms with Crippen LogP contribution >= 0.6 is 0 Å². The zero-order valence-corrected chi connectivity index (χ0v) is 23.3. The third-order valence-electron chi connectivity index (χ3n) is 6.77. The van der Waals surface area contributed by atoms with Crippen LogP contribution in [0.5, 0.6) is 11.5 Å². The number of aliphatic carboxylic acids is 1. The molecule has 0 radical (unpaired) electrons. The van der Waals surface area contributed by atoms with Crippen LogP contribution in [0.4, 0.5) is 23.7 Å². The minimum Gasteiger partial charge on any atom is -0.489 e. The molecule has 1 aliphatic carbocycles. The fourth-order valence-electron chi connectivity index (χ4n) is 4.63. The van der Waals surface area contributed by atoms with Crippen LogP contribution < -0.4 is 14.4 Å². The van der Waals surface area contributed by atoms with Crippen LogP contribution in [-0.2, 0) is 27.4 Å². The molecule has 1 fully saturated rings. The molecule has 0 unspecified atom stereocenters. The minimum absolute atomic E-state index is 0.167. The molecule has 2 amide bonds. The Morgan fingerprint density at radius 2 is 1.80 bits per heavy atom. The number of likely N-dealkylation sites (N-methyl/N-ethyl adjacent to an activating group) is 1. The Bertz CT molecular complexity index is 1320. The summed E-state index contributed by atoms with van der Waals surface area (Å²) in [5, 5.41) is 9.41. The number of nitrogens with zero attached hydrogens (tertiary/aromatic N) is 2. The van der Waals surface area contributed by atoms with Gasteiger partial charge in [0.05, 0.1) is 6.42 Å². The Hall–Kier alpha value is -3.96. The topological polar surface area (TPSA) is 106 Å². The lowest BCUT2D eigenvalue weighted by Gasteiger charge is -2.31. The molecular weight excluding hydrogens is 545 g/mol. The monoisotopic (exact) mass is 578 g/mol. The Kier molecular flexibility index (Phi) is 8.41. The maximum atomic E-state index is 13.5. The second-order valence-corrected chi connectivity index (χ2v) is 11.2. The minimum atomic E-state index is -4.84. The molecule has 1 atom stereocenters. The predicted octanol–water partition coefficient (Wildman–Crippen LogP) is 5.64. The van der Waals surface area contributed by atoms with Crippen LogP contribution in [0.15, 0.2) is 36.4 Å². The normalized spacial score (nSPS) is 15.6. The number of anilines is 1. The van der Waals surface area contributed by atoms with Gasteiger partial charge in [0.25, 0.3) is 5.91 Å². The highest BCUT2D eigenvalue weighted by molar-refractivity contribution is 6.01. The molecule has 0 spiro atoms. The number of carbonyl (C=O) groups is 3. The van der Waals surface area contributed by atoms with Gasteiger partial charge in [-0.3, -0.25) is 14.5 Å². The number of hydrogen-bond donors (Lipinski definition) is 1. The molecule has 1 aliphatic heterocycles. The number of fused-ring (bicyclic) bond motifs is 1. The summed E-state index contributed by atoms with van der Waals surface area (Å²) in [7, 11) is 1.32. The molecule has 0 bridgehead atoms. The van der Waals surface area contributed by atoms with Crippen molar-refractivity contribution in [2.45, 2.75) is 77.0 Å². The second-order valence-electron chi connectivity index (χ2n) is 11.2. The highest BCUT2D eigenvalue weighted by Gasteiger charge is 2.38. The Balaban J connectivity index is 1.48. The summed E-state index contributed by atoms with van der Waals surface area (Å²) in [6, 6.07) is 8.38.